The predicted octanol–water partition coefficient (Wildman–Crippen LogP) is 5.48. The number of rotatable bonds is 8. The van der Waals surface area contributed by atoms with Crippen molar-refractivity contribution in [3.8, 4) is 0 Å². The molecular formula is C36H29O3P3. The molecule has 0 N–H and O–H groups in total. The van der Waals surface area contributed by atoms with Crippen LogP contribution in [0.15, 0.2) is 170 Å². The van der Waals surface area contributed by atoms with Crippen LogP contribution in [0.25, 0.3) is 0 Å². The number of hydrogen-bond donors (Lipinski definition) is 0. The summed E-state index contributed by atoms with van der Waals surface area (Å²) >= 11 is 0. The highest BCUT2D eigenvalue weighted by atomic mass is 31.2. The third-order valence-electron chi connectivity index (χ3n) is 7.42. The van der Waals surface area contributed by atoms with E-state index in [0.717, 1.165) is 5.30 Å². The van der Waals surface area contributed by atoms with Crippen molar-refractivity contribution in [3.05, 3.63) is 170 Å². The van der Waals surface area contributed by atoms with Crippen LogP contribution in [0.1, 0.15) is 0 Å². The Morgan fingerprint density at radius 2 is 0.643 bits per heavy atom. The first-order valence-corrected chi connectivity index (χ1v) is 18.5. The van der Waals surface area contributed by atoms with Crippen molar-refractivity contribution in [2.75, 3.05) is 0 Å². The fraction of sp³-hybridized carbons (Fsp3) is 0. The van der Waals surface area contributed by atoms with E-state index in [1.807, 2.05) is 170 Å². The van der Waals surface area contributed by atoms with Crippen LogP contribution in [-0.4, -0.2) is 0 Å². The molecule has 0 bridgehead atoms. The van der Waals surface area contributed by atoms with Crippen LogP contribution in [0.4, 0.5) is 0 Å². The van der Waals surface area contributed by atoms with Gasteiger partial charge in [0.15, 0.2) is 14.3 Å². The molecule has 2 unspecified atom stereocenters. The standard InChI is InChI=1S/C36H29O3P3/c37-40(29-15-5-1-6-16-29)30-17-13-24-34(27-30)42(39,33-22-11-4-12-23-33)36-26-14-25-35(28-36)41(38,31-18-7-2-8-19-31)32-20-9-3-10-21-32/h1-28,40H. The van der Waals surface area contributed by atoms with Gasteiger partial charge in [-0.15, -0.1) is 0 Å². The molecule has 0 aliphatic heterocycles. The molecule has 6 heteroatoms. The van der Waals surface area contributed by atoms with E-state index in [0.29, 0.717) is 37.1 Å². The summed E-state index contributed by atoms with van der Waals surface area (Å²) in [5, 5.41) is 5.27. The maximum Gasteiger partial charge on any atom is 0.171 e. The lowest BCUT2D eigenvalue weighted by molar-refractivity contribution is 0.592. The Labute approximate surface area is 247 Å². The Bertz CT molecular complexity index is 1900. The summed E-state index contributed by atoms with van der Waals surface area (Å²) < 4.78 is 44.2. The molecule has 0 spiro atoms. The van der Waals surface area contributed by atoms with Gasteiger partial charge in [0, 0.05) is 42.4 Å². The molecular weight excluding hydrogens is 573 g/mol. The predicted molar refractivity (Wildman–Crippen MR) is 180 cm³/mol. The Morgan fingerprint density at radius 1 is 0.333 bits per heavy atom. The molecule has 0 fully saturated rings. The van der Waals surface area contributed by atoms with E-state index in [9.17, 15) is 4.57 Å². The zero-order valence-corrected chi connectivity index (χ0v) is 25.6. The highest BCUT2D eigenvalue weighted by Crippen LogP contribution is 2.46. The highest BCUT2D eigenvalue weighted by molar-refractivity contribution is 7.86. The molecule has 206 valence electrons. The lowest BCUT2D eigenvalue weighted by atomic mass is 10.3. The van der Waals surface area contributed by atoms with Crippen molar-refractivity contribution in [2.45, 2.75) is 0 Å². The van der Waals surface area contributed by atoms with Crippen molar-refractivity contribution >= 4 is 64.5 Å². The van der Waals surface area contributed by atoms with E-state index in [4.69, 9.17) is 0 Å². The Kier molecular flexibility index (Phi) is 8.10. The van der Waals surface area contributed by atoms with Gasteiger partial charge < -0.3 is 13.7 Å². The fourth-order valence-corrected chi connectivity index (χ4v) is 12.3. The number of benzene rings is 6. The van der Waals surface area contributed by atoms with Gasteiger partial charge in [-0.1, -0.05) is 158 Å². The van der Waals surface area contributed by atoms with E-state index in [2.05, 4.69) is 0 Å². The summed E-state index contributed by atoms with van der Waals surface area (Å²) in [7, 11) is -9.05. The quantitative estimate of drug-likeness (QED) is 0.217. The molecule has 0 aliphatic carbocycles. The van der Waals surface area contributed by atoms with Gasteiger partial charge in [0.1, 0.15) is 7.80 Å². The van der Waals surface area contributed by atoms with Gasteiger partial charge in [0.25, 0.3) is 0 Å². The molecule has 0 radical (unpaired) electrons. The molecule has 42 heavy (non-hydrogen) atoms. The zero-order valence-electron chi connectivity index (χ0n) is 22.8. The Balaban J connectivity index is 1.55. The maximum atomic E-state index is 15.5. The van der Waals surface area contributed by atoms with Crippen LogP contribution in [0.3, 0.4) is 0 Å². The zero-order chi connectivity index (χ0) is 29.0. The molecule has 0 saturated carbocycles. The summed E-state index contributed by atoms with van der Waals surface area (Å²) in [6.07, 6.45) is 0. The van der Waals surface area contributed by atoms with Gasteiger partial charge in [0.05, 0.1) is 0 Å². The van der Waals surface area contributed by atoms with Crippen molar-refractivity contribution < 1.29 is 13.7 Å². The average Bonchev–Trinajstić information content (AvgIpc) is 3.09. The second-order valence-corrected chi connectivity index (χ2v) is 17.3. The fourth-order valence-electron chi connectivity index (χ4n) is 5.29. The smallest absolute Gasteiger partial charge is 0.171 e. The van der Waals surface area contributed by atoms with E-state index in [-0.39, 0.29) is 0 Å². The van der Waals surface area contributed by atoms with Crippen LogP contribution in [0, 0.1) is 0 Å². The minimum Gasteiger partial charge on any atom is -0.317 e. The van der Waals surface area contributed by atoms with Crippen molar-refractivity contribution in [3.63, 3.8) is 0 Å². The minimum absolute atomic E-state index is 0.579. The van der Waals surface area contributed by atoms with Gasteiger partial charge >= 0.3 is 0 Å². The summed E-state index contributed by atoms with van der Waals surface area (Å²) in [4.78, 5) is 0. The van der Waals surface area contributed by atoms with Gasteiger partial charge in [-0.3, -0.25) is 0 Å². The summed E-state index contributed by atoms with van der Waals surface area (Å²) in [6.45, 7) is 0. The van der Waals surface area contributed by atoms with Gasteiger partial charge in [-0.05, 0) is 12.1 Å². The van der Waals surface area contributed by atoms with Crippen LogP contribution < -0.4 is 42.4 Å². The topological polar surface area (TPSA) is 51.2 Å². The molecule has 0 saturated heterocycles. The lowest BCUT2D eigenvalue weighted by Gasteiger charge is -2.24. The molecule has 6 rings (SSSR count). The third-order valence-corrected chi connectivity index (χ3v) is 15.2. The average molecular weight is 603 g/mol. The molecule has 0 aliphatic rings. The van der Waals surface area contributed by atoms with Gasteiger partial charge in [0.2, 0.25) is 0 Å². The van der Waals surface area contributed by atoms with Crippen molar-refractivity contribution in [1.82, 2.24) is 0 Å². The summed E-state index contributed by atoms with van der Waals surface area (Å²) in [5.41, 5.74) is 0. The lowest BCUT2D eigenvalue weighted by Crippen LogP contribution is -2.31. The molecule has 0 amide bonds. The summed E-state index contributed by atoms with van der Waals surface area (Å²) in [5.74, 6) is 0. The van der Waals surface area contributed by atoms with Crippen LogP contribution in [-0.2, 0) is 13.7 Å². The molecule has 3 nitrogen and oxygen atoms in total. The van der Waals surface area contributed by atoms with E-state index < -0.39 is 22.1 Å². The molecule has 6 aromatic rings. The first-order valence-electron chi connectivity index (χ1n) is 13.7. The molecule has 0 heterocycles. The monoisotopic (exact) mass is 602 g/mol. The normalized spacial score (nSPS) is 13.6. The molecule has 6 aromatic carbocycles. The van der Waals surface area contributed by atoms with E-state index >= 15 is 9.13 Å². The maximum absolute atomic E-state index is 15.5. The SMILES string of the molecule is O=[PH](c1ccccc1)c1cccc(P(=O)(c2ccccc2)c2cccc(P(=O)(c3ccccc3)c3ccccc3)c2)c1. The highest BCUT2D eigenvalue weighted by Gasteiger charge is 2.34. The van der Waals surface area contributed by atoms with Gasteiger partial charge in [-0.2, -0.15) is 0 Å². The van der Waals surface area contributed by atoms with Crippen LogP contribution in [0.2, 0.25) is 0 Å². The molecule has 2 atom stereocenters. The second kappa shape index (κ2) is 12.1. The first kappa shape index (κ1) is 28.1. The first-order chi connectivity index (χ1) is 20.5. The number of hydrogen-bond acceptors (Lipinski definition) is 3. The van der Waals surface area contributed by atoms with Crippen LogP contribution in [0.5, 0.6) is 0 Å². The van der Waals surface area contributed by atoms with Crippen molar-refractivity contribution in [1.29, 1.82) is 0 Å². The minimum atomic E-state index is -3.46. The van der Waals surface area contributed by atoms with E-state index in [1.165, 1.54) is 0 Å². The third kappa shape index (κ3) is 5.21. The van der Waals surface area contributed by atoms with E-state index in [1.54, 1.807) is 0 Å². The van der Waals surface area contributed by atoms with Crippen molar-refractivity contribution in [2.24, 2.45) is 0 Å². The van der Waals surface area contributed by atoms with Crippen LogP contribution >= 0.6 is 22.1 Å². The largest absolute Gasteiger partial charge is 0.317 e. The second-order valence-electron chi connectivity index (χ2n) is 9.99. The van der Waals surface area contributed by atoms with Gasteiger partial charge in [-0.25, -0.2) is 0 Å². The Morgan fingerprint density at radius 3 is 1.10 bits per heavy atom. The summed E-state index contributed by atoms with van der Waals surface area (Å²) in [6, 6.07) is 52.5. The Hall–Kier alpha value is -3.99. The molecule has 0 aromatic heterocycles.